The fraction of sp³-hybridized carbons (Fsp3) is 0.846. The molecule has 0 bridgehead atoms. The van der Waals surface area contributed by atoms with E-state index in [4.69, 9.17) is 18.0 Å². The van der Waals surface area contributed by atoms with Crippen LogP contribution in [-0.2, 0) is 4.79 Å². The molecule has 0 radical (unpaired) electrons. The van der Waals surface area contributed by atoms with Crippen molar-refractivity contribution in [1.29, 1.82) is 0 Å². The Kier molecular flexibility index (Phi) is 7.17. The summed E-state index contributed by atoms with van der Waals surface area (Å²) in [6.45, 7) is 0.701. The summed E-state index contributed by atoms with van der Waals surface area (Å²) < 4.78 is 0. The molecule has 3 nitrogen and oxygen atoms in total. The molecule has 0 heterocycles. The highest BCUT2D eigenvalue weighted by atomic mass is 32.1. The van der Waals surface area contributed by atoms with Crippen LogP contribution in [0.15, 0.2) is 0 Å². The van der Waals surface area contributed by atoms with Crippen LogP contribution < -0.4 is 11.1 Å². The topological polar surface area (TPSA) is 55.1 Å². The van der Waals surface area contributed by atoms with Gasteiger partial charge in [-0.1, -0.05) is 44.3 Å². The number of nitrogens with one attached hydrogen (secondary N) is 1. The summed E-state index contributed by atoms with van der Waals surface area (Å²) in [7, 11) is 0. The van der Waals surface area contributed by atoms with Gasteiger partial charge in [-0.3, -0.25) is 4.79 Å². The molecule has 1 rings (SSSR count). The third kappa shape index (κ3) is 6.61. The second-order valence-electron chi connectivity index (χ2n) is 4.90. The standard InChI is InChI=1S/C13H24N2OS/c14-12(17)9-6-10-15-13(16)11-7-4-2-1-3-5-8-11/h11H,1-10H2,(H2,14,17)(H,15,16). The van der Waals surface area contributed by atoms with Crippen molar-refractivity contribution in [3.05, 3.63) is 0 Å². The predicted octanol–water partition coefficient (Wildman–Crippen LogP) is 2.53. The van der Waals surface area contributed by atoms with Crippen molar-refractivity contribution in [2.24, 2.45) is 11.7 Å². The van der Waals surface area contributed by atoms with Crippen LogP contribution in [0.1, 0.15) is 57.8 Å². The molecule has 17 heavy (non-hydrogen) atoms. The van der Waals surface area contributed by atoms with E-state index in [1.165, 1.54) is 32.1 Å². The maximum atomic E-state index is 11.9. The summed E-state index contributed by atoms with van der Waals surface area (Å²) in [5, 5.41) is 3.00. The maximum absolute atomic E-state index is 11.9. The normalized spacial score (nSPS) is 18.1. The molecule has 1 saturated carbocycles. The minimum atomic E-state index is 0.231. The van der Waals surface area contributed by atoms with E-state index in [0.717, 1.165) is 25.7 Å². The zero-order chi connectivity index (χ0) is 12.5. The van der Waals surface area contributed by atoms with E-state index in [2.05, 4.69) is 5.32 Å². The molecule has 4 heteroatoms. The van der Waals surface area contributed by atoms with Gasteiger partial charge in [0, 0.05) is 12.5 Å². The number of thiocarbonyl (C=S) groups is 1. The highest BCUT2D eigenvalue weighted by Crippen LogP contribution is 2.22. The summed E-state index contributed by atoms with van der Waals surface area (Å²) in [4.78, 5) is 12.5. The second-order valence-corrected chi connectivity index (χ2v) is 5.43. The number of hydrogen-bond acceptors (Lipinski definition) is 2. The summed E-state index contributed by atoms with van der Waals surface area (Å²) in [6, 6.07) is 0. The van der Waals surface area contributed by atoms with Gasteiger partial charge in [-0.25, -0.2) is 0 Å². The average Bonchev–Trinajstić information content (AvgIpc) is 2.23. The fourth-order valence-electron chi connectivity index (χ4n) is 2.34. The largest absolute Gasteiger partial charge is 0.393 e. The van der Waals surface area contributed by atoms with Crippen molar-refractivity contribution >= 4 is 23.1 Å². The SMILES string of the molecule is NC(=S)CCCNC(=O)C1CCCCCCC1. The van der Waals surface area contributed by atoms with Gasteiger partial charge in [0.1, 0.15) is 0 Å². The summed E-state index contributed by atoms with van der Waals surface area (Å²) >= 11 is 4.80. The van der Waals surface area contributed by atoms with Gasteiger partial charge < -0.3 is 11.1 Å². The van der Waals surface area contributed by atoms with Gasteiger partial charge in [-0.05, 0) is 25.7 Å². The van der Waals surface area contributed by atoms with Crippen LogP contribution in [0, 0.1) is 5.92 Å². The van der Waals surface area contributed by atoms with Gasteiger partial charge >= 0.3 is 0 Å². The lowest BCUT2D eigenvalue weighted by atomic mass is 9.90. The minimum Gasteiger partial charge on any atom is -0.393 e. The quantitative estimate of drug-likeness (QED) is 0.587. The molecule has 0 aliphatic heterocycles. The monoisotopic (exact) mass is 256 g/mol. The summed E-state index contributed by atoms with van der Waals surface area (Å²) in [5.74, 6) is 0.468. The Hall–Kier alpha value is -0.640. The second kappa shape index (κ2) is 8.45. The Morgan fingerprint density at radius 3 is 2.35 bits per heavy atom. The lowest BCUT2D eigenvalue weighted by Gasteiger charge is -2.19. The third-order valence-electron chi connectivity index (χ3n) is 3.38. The molecular weight excluding hydrogens is 232 g/mol. The number of hydrogen-bond donors (Lipinski definition) is 2. The molecule has 0 spiro atoms. The molecule has 0 saturated heterocycles. The molecule has 1 fully saturated rings. The number of rotatable bonds is 5. The fourth-order valence-corrected chi connectivity index (χ4v) is 2.48. The Labute approximate surface area is 110 Å². The molecule has 1 amide bonds. The first-order chi connectivity index (χ1) is 8.20. The molecule has 0 atom stereocenters. The van der Waals surface area contributed by atoms with Crippen molar-refractivity contribution in [1.82, 2.24) is 5.32 Å². The minimum absolute atomic E-state index is 0.231. The first-order valence-electron chi connectivity index (χ1n) is 6.76. The van der Waals surface area contributed by atoms with Crippen molar-refractivity contribution in [3.8, 4) is 0 Å². The van der Waals surface area contributed by atoms with Crippen molar-refractivity contribution in [3.63, 3.8) is 0 Å². The highest BCUT2D eigenvalue weighted by molar-refractivity contribution is 7.80. The molecule has 1 aliphatic rings. The summed E-state index contributed by atoms with van der Waals surface area (Å²) in [6.07, 6.45) is 9.99. The third-order valence-corrected chi connectivity index (χ3v) is 3.58. The van der Waals surface area contributed by atoms with Crippen LogP contribution in [-0.4, -0.2) is 17.4 Å². The van der Waals surface area contributed by atoms with Crippen LogP contribution in [0.2, 0.25) is 0 Å². The smallest absolute Gasteiger partial charge is 0.223 e. The number of nitrogens with two attached hydrogens (primary N) is 1. The van der Waals surface area contributed by atoms with Gasteiger partial charge in [-0.2, -0.15) is 0 Å². The molecule has 1 aliphatic carbocycles. The molecule has 0 aromatic carbocycles. The van der Waals surface area contributed by atoms with Gasteiger partial charge in [0.05, 0.1) is 4.99 Å². The van der Waals surface area contributed by atoms with Crippen molar-refractivity contribution < 1.29 is 4.79 Å². The van der Waals surface area contributed by atoms with Gasteiger partial charge in [0.25, 0.3) is 0 Å². The number of carbonyl (C=O) groups excluding carboxylic acids is 1. The van der Waals surface area contributed by atoms with Gasteiger partial charge in [0.15, 0.2) is 0 Å². The number of carbonyl (C=O) groups is 1. The van der Waals surface area contributed by atoms with E-state index in [0.29, 0.717) is 11.5 Å². The molecule has 0 unspecified atom stereocenters. The molecule has 0 aromatic rings. The van der Waals surface area contributed by atoms with E-state index < -0.39 is 0 Å². The van der Waals surface area contributed by atoms with E-state index in [1.807, 2.05) is 0 Å². The Bertz CT molecular complexity index is 248. The van der Waals surface area contributed by atoms with Crippen molar-refractivity contribution in [2.75, 3.05) is 6.54 Å². The van der Waals surface area contributed by atoms with Gasteiger partial charge in [0.2, 0.25) is 5.91 Å². The zero-order valence-corrected chi connectivity index (χ0v) is 11.4. The lowest BCUT2D eigenvalue weighted by molar-refractivity contribution is -0.125. The Morgan fingerprint density at radius 1 is 1.18 bits per heavy atom. The Morgan fingerprint density at radius 2 is 1.76 bits per heavy atom. The van der Waals surface area contributed by atoms with Crippen LogP contribution in [0.3, 0.4) is 0 Å². The molecule has 3 N–H and O–H groups in total. The highest BCUT2D eigenvalue weighted by Gasteiger charge is 2.18. The molecular formula is C13H24N2OS. The Balaban J connectivity index is 2.18. The van der Waals surface area contributed by atoms with Crippen LogP contribution in [0.5, 0.6) is 0 Å². The van der Waals surface area contributed by atoms with E-state index in [1.54, 1.807) is 0 Å². The molecule has 98 valence electrons. The maximum Gasteiger partial charge on any atom is 0.223 e. The first-order valence-corrected chi connectivity index (χ1v) is 7.17. The van der Waals surface area contributed by atoms with Gasteiger partial charge in [-0.15, -0.1) is 0 Å². The van der Waals surface area contributed by atoms with Crippen molar-refractivity contribution in [2.45, 2.75) is 57.8 Å². The predicted molar refractivity (Wildman–Crippen MR) is 74.8 cm³/mol. The average molecular weight is 256 g/mol. The van der Waals surface area contributed by atoms with Crippen LogP contribution >= 0.6 is 12.2 Å². The number of amides is 1. The van der Waals surface area contributed by atoms with E-state index in [-0.39, 0.29) is 11.8 Å². The summed E-state index contributed by atoms with van der Waals surface area (Å²) in [5.41, 5.74) is 5.41. The van der Waals surface area contributed by atoms with E-state index >= 15 is 0 Å². The first kappa shape index (κ1) is 14.4. The zero-order valence-electron chi connectivity index (χ0n) is 10.5. The van der Waals surface area contributed by atoms with Crippen LogP contribution in [0.25, 0.3) is 0 Å². The van der Waals surface area contributed by atoms with E-state index in [9.17, 15) is 4.79 Å². The molecule has 0 aromatic heterocycles. The lowest BCUT2D eigenvalue weighted by Crippen LogP contribution is -2.32. The van der Waals surface area contributed by atoms with Crippen LogP contribution in [0.4, 0.5) is 0 Å².